The van der Waals surface area contributed by atoms with Crippen LogP contribution in [0.15, 0.2) is 18.2 Å². The highest BCUT2D eigenvalue weighted by Gasteiger charge is 2.26. The van der Waals surface area contributed by atoms with Gasteiger partial charge in [-0.1, -0.05) is 6.07 Å². The van der Waals surface area contributed by atoms with Crippen molar-refractivity contribution in [1.29, 1.82) is 0 Å². The lowest BCUT2D eigenvalue weighted by atomic mass is 10.0. The van der Waals surface area contributed by atoms with Crippen LogP contribution in [0.3, 0.4) is 0 Å². The number of carboxylic acid groups (broad SMARTS) is 1. The van der Waals surface area contributed by atoms with Gasteiger partial charge in [0.2, 0.25) is 0 Å². The number of rotatable bonds is 2. The fourth-order valence-corrected chi connectivity index (χ4v) is 2.07. The lowest BCUT2D eigenvalue weighted by Crippen LogP contribution is -2.38. The van der Waals surface area contributed by atoms with E-state index in [9.17, 15) is 9.59 Å². The molecular weight excluding hydrogens is 220 g/mol. The predicted octanol–water partition coefficient (Wildman–Crippen LogP) is 0.840. The molecule has 0 amide bonds. The zero-order valence-corrected chi connectivity index (χ0v) is 9.80. The summed E-state index contributed by atoms with van der Waals surface area (Å²) in [5.41, 5.74) is 1.85. The van der Waals surface area contributed by atoms with Gasteiger partial charge in [0.05, 0.1) is 16.9 Å². The quantitative estimate of drug-likeness (QED) is 0.607. The molecule has 0 aliphatic carbocycles. The minimum absolute atomic E-state index is 0.254. The van der Waals surface area contributed by atoms with Gasteiger partial charge in [0.1, 0.15) is 0 Å². The van der Waals surface area contributed by atoms with Gasteiger partial charge in [-0.2, -0.15) is 0 Å². The highest BCUT2D eigenvalue weighted by molar-refractivity contribution is 6.41. The summed E-state index contributed by atoms with van der Waals surface area (Å²) in [5, 5.41) is 8.81. The fraction of sp³-hybridized carbons (Fsp3) is 0.333. The van der Waals surface area contributed by atoms with Gasteiger partial charge in [0, 0.05) is 27.2 Å². The number of hydrogen-bond acceptors (Lipinski definition) is 4. The number of aliphatic carboxylic acids is 1. The first-order valence-electron chi connectivity index (χ1n) is 5.35. The Bertz CT molecular complexity index is 485. The van der Waals surface area contributed by atoms with Crippen molar-refractivity contribution in [2.75, 3.05) is 37.0 Å². The Morgan fingerprint density at radius 1 is 1.18 bits per heavy atom. The first-order chi connectivity index (χ1) is 8.02. The van der Waals surface area contributed by atoms with Crippen LogP contribution >= 0.6 is 0 Å². The lowest BCUT2D eigenvalue weighted by Gasteiger charge is -2.35. The maximum absolute atomic E-state index is 11.6. The molecule has 0 bridgehead atoms. The molecule has 1 aliphatic rings. The van der Waals surface area contributed by atoms with Crippen molar-refractivity contribution in [3.05, 3.63) is 23.8 Å². The molecule has 1 aromatic rings. The molecule has 90 valence electrons. The van der Waals surface area contributed by atoms with E-state index in [0.717, 1.165) is 18.8 Å². The standard InChI is InChI=1S/C12H14N2O3/c1-13-6-7-14(2)10-8(11(15)12(16)17)4-3-5-9(10)13/h3-5H,6-7H2,1-2H3,(H,16,17). The minimum atomic E-state index is -1.42. The number of likely N-dealkylation sites (N-methyl/N-ethyl adjacent to an activating group) is 2. The average molecular weight is 234 g/mol. The maximum Gasteiger partial charge on any atom is 0.377 e. The third-order valence-corrected chi connectivity index (χ3v) is 3.02. The Hall–Kier alpha value is -2.04. The summed E-state index contributed by atoms with van der Waals surface area (Å²) in [7, 11) is 3.80. The lowest BCUT2D eigenvalue weighted by molar-refractivity contribution is -0.131. The topological polar surface area (TPSA) is 60.9 Å². The maximum atomic E-state index is 11.6. The number of carbonyl (C=O) groups is 2. The van der Waals surface area contributed by atoms with Crippen molar-refractivity contribution in [1.82, 2.24) is 0 Å². The Morgan fingerprint density at radius 2 is 1.82 bits per heavy atom. The summed E-state index contributed by atoms with van der Waals surface area (Å²) < 4.78 is 0. The number of anilines is 2. The molecular formula is C12H14N2O3. The van der Waals surface area contributed by atoms with Gasteiger partial charge >= 0.3 is 5.97 Å². The van der Waals surface area contributed by atoms with Crippen LogP contribution in [0.4, 0.5) is 11.4 Å². The van der Waals surface area contributed by atoms with E-state index in [1.807, 2.05) is 30.0 Å². The van der Waals surface area contributed by atoms with Crippen molar-refractivity contribution >= 4 is 23.1 Å². The molecule has 5 nitrogen and oxygen atoms in total. The molecule has 1 N–H and O–H groups in total. The third-order valence-electron chi connectivity index (χ3n) is 3.02. The number of hydrogen-bond donors (Lipinski definition) is 1. The molecule has 17 heavy (non-hydrogen) atoms. The summed E-state index contributed by atoms with van der Waals surface area (Å²) in [6, 6.07) is 5.17. The van der Waals surface area contributed by atoms with E-state index < -0.39 is 11.8 Å². The van der Waals surface area contributed by atoms with Gasteiger partial charge in [-0.25, -0.2) is 4.79 Å². The predicted molar refractivity (Wildman–Crippen MR) is 64.9 cm³/mol. The van der Waals surface area contributed by atoms with E-state index in [2.05, 4.69) is 0 Å². The molecule has 0 atom stereocenters. The SMILES string of the molecule is CN1CCN(C)c2c(C(=O)C(=O)O)cccc21. The first-order valence-corrected chi connectivity index (χ1v) is 5.35. The van der Waals surface area contributed by atoms with Crippen molar-refractivity contribution in [3.8, 4) is 0 Å². The van der Waals surface area contributed by atoms with Crippen LogP contribution in [0.5, 0.6) is 0 Å². The second kappa shape index (κ2) is 4.08. The van der Waals surface area contributed by atoms with E-state index in [0.29, 0.717) is 5.69 Å². The Labute approximate surface area is 99.3 Å². The number of carboxylic acids is 1. The van der Waals surface area contributed by atoms with Crippen LogP contribution in [0.1, 0.15) is 10.4 Å². The van der Waals surface area contributed by atoms with Gasteiger partial charge in [0.15, 0.2) is 0 Å². The number of para-hydroxylation sites is 1. The minimum Gasteiger partial charge on any atom is -0.475 e. The fourth-order valence-electron chi connectivity index (χ4n) is 2.07. The molecule has 0 saturated carbocycles. The van der Waals surface area contributed by atoms with E-state index >= 15 is 0 Å². The number of fused-ring (bicyclic) bond motifs is 1. The van der Waals surface area contributed by atoms with Crippen LogP contribution in [-0.4, -0.2) is 44.0 Å². The average Bonchev–Trinajstić information content (AvgIpc) is 2.32. The molecule has 0 radical (unpaired) electrons. The number of carbonyl (C=O) groups excluding carboxylic acids is 1. The highest BCUT2D eigenvalue weighted by Crippen LogP contribution is 2.34. The Balaban J connectivity index is 2.59. The molecule has 2 rings (SSSR count). The van der Waals surface area contributed by atoms with Gasteiger partial charge in [-0.15, -0.1) is 0 Å². The van der Waals surface area contributed by atoms with Crippen molar-refractivity contribution in [2.45, 2.75) is 0 Å². The summed E-state index contributed by atoms with van der Waals surface area (Å²) in [6.45, 7) is 1.63. The molecule has 0 aromatic heterocycles. The highest BCUT2D eigenvalue weighted by atomic mass is 16.4. The molecule has 0 saturated heterocycles. The Morgan fingerprint density at radius 3 is 2.47 bits per heavy atom. The molecule has 1 aromatic carbocycles. The molecule has 0 spiro atoms. The summed E-state index contributed by atoms with van der Waals surface area (Å²) >= 11 is 0. The van der Waals surface area contributed by atoms with Gasteiger partial charge in [-0.3, -0.25) is 4.79 Å². The molecule has 1 heterocycles. The zero-order chi connectivity index (χ0) is 12.6. The van der Waals surface area contributed by atoms with E-state index in [1.165, 1.54) is 0 Å². The monoisotopic (exact) mass is 234 g/mol. The van der Waals surface area contributed by atoms with E-state index in [1.54, 1.807) is 12.1 Å². The second-order valence-corrected chi connectivity index (χ2v) is 4.15. The van der Waals surface area contributed by atoms with Crippen LogP contribution in [0, 0.1) is 0 Å². The van der Waals surface area contributed by atoms with E-state index in [-0.39, 0.29) is 5.56 Å². The second-order valence-electron chi connectivity index (χ2n) is 4.15. The first kappa shape index (κ1) is 11.4. The summed E-state index contributed by atoms with van der Waals surface area (Å²) in [6.07, 6.45) is 0. The van der Waals surface area contributed by atoms with Crippen LogP contribution in [-0.2, 0) is 4.79 Å². The van der Waals surface area contributed by atoms with Gasteiger partial charge in [0.25, 0.3) is 5.78 Å². The van der Waals surface area contributed by atoms with E-state index in [4.69, 9.17) is 5.11 Å². The number of nitrogens with zero attached hydrogens (tertiary/aromatic N) is 2. The molecule has 0 unspecified atom stereocenters. The molecule has 0 fully saturated rings. The number of Topliss-reactive ketones (excluding diaryl/α,β-unsaturated/α-hetero) is 1. The molecule has 5 heteroatoms. The van der Waals surface area contributed by atoms with Crippen molar-refractivity contribution < 1.29 is 14.7 Å². The Kier molecular flexibility index (Phi) is 2.75. The number of benzene rings is 1. The van der Waals surface area contributed by atoms with Gasteiger partial charge < -0.3 is 14.9 Å². The number of ketones is 1. The largest absolute Gasteiger partial charge is 0.475 e. The summed E-state index contributed by atoms with van der Waals surface area (Å²) in [4.78, 5) is 26.4. The summed E-state index contributed by atoms with van der Waals surface area (Å²) in [5.74, 6) is -2.27. The van der Waals surface area contributed by atoms with Crippen molar-refractivity contribution in [2.24, 2.45) is 0 Å². The zero-order valence-electron chi connectivity index (χ0n) is 9.80. The normalized spacial score (nSPS) is 14.5. The third kappa shape index (κ3) is 1.84. The van der Waals surface area contributed by atoms with Crippen LogP contribution < -0.4 is 9.80 Å². The van der Waals surface area contributed by atoms with Crippen molar-refractivity contribution in [3.63, 3.8) is 0 Å². The van der Waals surface area contributed by atoms with Gasteiger partial charge in [-0.05, 0) is 12.1 Å². The molecule has 1 aliphatic heterocycles. The van der Waals surface area contributed by atoms with Crippen LogP contribution in [0.25, 0.3) is 0 Å². The smallest absolute Gasteiger partial charge is 0.377 e. The van der Waals surface area contributed by atoms with Crippen LogP contribution in [0.2, 0.25) is 0 Å².